The molecule has 0 aliphatic carbocycles. The second-order valence-corrected chi connectivity index (χ2v) is 7.97. The van der Waals surface area contributed by atoms with Gasteiger partial charge in [0.25, 0.3) is 0 Å². The van der Waals surface area contributed by atoms with E-state index in [-0.39, 0.29) is 6.09 Å². The molecule has 0 bridgehead atoms. The number of amides is 1. The lowest BCUT2D eigenvalue weighted by Crippen LogP contribution is -2.50. The van der Waals surface area contributed by atoms with Crippen LogP contribution in [0.5, 0.6) is 5.75 Å². The van der Waals surface area contributed by atoms with Crippen LogP contribution in [0.1, 0.15) is 31.2 Å². The molecule has 0 atom stereocenters. The van der Waals surface area contributed by atoms with Crippen LogP contribution in [-0.4, -0.2) is 42.1 Å². The number of piperidine rings is 2. The van der Waals surface area contributed by atoms with Crippen molar-refractivity contribution in [2.45, 2.75) is 32.2 Å². The number of ether oxygens (including phenoxy) is 1. The monoisotopic (exact) mass is 364 g/mol. The molecule has 2 aromatic rings. The molecule has 2 saturated heterocycles. The second-order valence-electron chi connectivity index (χ2n) is 7.97. The van der Waals surface area contributed by atoms with E-state index in [1.807, 2.05) is 35.2 Å². The molecule has 0 radical (unpaired) electrons. The van der Waals surface area contributed by atoms with Crippen LogP contribution in [0, 0.1) is 5.41 Å². The normalized spacial score (nSPS) is 19.8. The Hall–Kier alpha value is -2.33. The Labute approximate surface area is 161 Å². The first-order valence-corrected chi connectivity index (χ1v) is 10.0. The first kappa shape index (κ1) is 18.1. The molecule has 2 aromatic carbocycles. The number of para-hydroxylation sites is 1. The number of likely N-dealkylation sites (tertiary alicyclic amines) is 2. The van der Waals surface area contributed by atoms with E-state index >= 15 is 0 Å². The minimum absolute atomic E-state index is 0.215. The zero-order valence-corrected chi connectivity index (χ0v) is 15.8. The second kappa shape index (κ2) is 8.13. The summed E-state index contributed by atoms with van der Waals surface area (Å²) in [6, 6.07) is 20.1. The molecular formula is C23H28N2O2. The zero-order valence-electron chi connectivity index (χ0n) is 15.8. The van der Waals surface area contributed by atoms with Gasteiger partial charge in [-0.2, -0.15) is 0 Å². The Kier molecular flexibility index (Phi) is 5.44. The van der Waals surface area contributed by atoms with Crippen LogP contribution in [0.15, 0.2) is 60.7 Å². The SMILES string of the molecule is O=C(Oc1ccccc1)N1CCC2(CCCN(Cc3ccccc3)C2)CC1. The smallest absolute Gasteiger partial charge is 0.410 e. The van der Waals surface area contributed by atoms with E-state index in [2.05, 4.69) is 35.2 Å². The van der Waals surface area contributed by atoms with E-state index in [1.165, 1.54) is 24.9 Å². The molecule has 2 fully saturated rings. The van der Waals surface area contributed by atoms with Crippen LogP contribution in [-0.2, 0) is 6.54 Å². The van der Waals surface area contributed by atoms with Gasteiger partial charge in [-0.1, -0.05) is 48.5 Å². The van der Waals surface area contributed by atoms with Crippen molar-refractivity contribution in [3.05, 3.63) is 66.2 Å². The Bertz CT molecular complexity index is 739. The molecule has 0 N–H and O–H groups in total. The van der Waals surface area contributed by atoms with Crippen molar-refractivity contribution in [2.75, 3.05) is 26.2 Å². The van der Waals surface area contributed by atoms with Crippen LogP contribution in [0.2, 0.25) is 0 Å². The standard InChI is InChI=1S/C23H28N2O2/c26-22(27-21-10-5-2-6-11-21)25-16-13-23(14-17-25)12-7-15-24(19-23)18-20-8-3-1-4-9-20/h1-6,8-11H,7,12-19H2. The van der Waals surface area contributed by atoms with Gasteiger partial charge < -0.3 is 9.64 Å². The summed E-state index contributed by atoms with van der Waals surface area (Å²) in [6.45, 7) is 4.94. The number of hydrogen-bond acceptors (Lipinski definition) is 3. The van der Waals surface area contributed by atoms with Gasteiger partial charge in [-0.15, -0.1) is 0 Å². The van der Waals surface area contributed by atoms with Crippen LogP contribution >= 0.6 is 0 Å². The fraction of sp³-hybridized carbons (Fsp3) is 0.435. The van der Waals surface area contributed by atoms with Gasteiger partial charge >= 0.3 is 6.09 Å². The number of carbonyl (C=O) groups is 1. The third-order valence-corrected chi connectivity index (χ3v) is 6.02. The van der Waals surface area contributed by atoms with E-state index in [0.717, 1.165) is 39.0 Å². The third-order valence-electron chi connectivity index (χ3n) is 6.02. The van der Waals surface area contributed by atoms with E-state index in [1.54, 1.807) is 0 Å². The molecule has 4 heteroatoms. The van der Waals surface area contributed by atoms with Gasteiger partial charge in [0.2, 0.25) is 0 Å². The van der Waals surface area contributed by atoms with Gasteiger partial charge in [0.1, 0.15) is 5.75 Å². The maximum absolute atomic E-state index is 12.4. The molecule has 4 nitrogen and oxygen atoms in total. The summed E-state index contributed by atoms with van der Waals surface area (Å²) in [5.74, 6) is 0.620. The van der Waals surface area contributed by atoms with Crippen molar-refractivity contribution in [2.24, 2.45) is 5.41 Å². The summed E-state index contributed by atoms with van der Waals surface area (Å²) in [5.41, 5.74) is 1.75. The highest BCUT2D eigenvalue weighted by molar-refractivity contribution is 5.70. The summed E-state index contributed by atoms with van der Waals surface area (Å²) in [5, 5.41) is 0. The summed E-state index contributed by atoms with van der Waals surface area (Å²) in [6.07, 6.45) is 4.46. The van der Waals surface area contributed by atoms with Gasteiger partial charge in [-0.05, 0) is 55.3 Å². The van der Waals surface area contributed by atoms with Crippen LogP contribution in [0.4, 0.5) is 4.79 Å². The van der Waals surface area contributed by atoms with Crippen molar-refractivity contribution in [3.63, 3.8) is 0 Å². The predicted octanol–water partition coefficient (Wildman–Crippen LogP) is 4.56. The quantitative estimate of drug-likeness (QED) is 0.800. The van der Waals surface area contributed by atoms with Gasteiger partial charge in [0.15, 0.2) is 0 Å². The molecule has 1 spiro atoms. The van der Waals surface area contributed by atoms with Crippen molar-refractivity contribution < 1.29 is 9.53 Å². The van der Waals surface area contributed by atoms with Gasteiger partial charge in [-0.3, -0.25) is 4.90 Å². The molecule has 1 amide bonds. The van der Waals surface area contributed by atoms with Crippen LogP contribution in [0.25, 0.3) is 0 Å². The molecule has 142 valence electrons. The summed E-state index contributed by atoms with van der Waals surface area (Å²) in [7, 11) is 0. The lowest BCUT2D eigenvalue weighted by atomic mass is 9.72. The highest BCUT2D eigenvalue weighted by atomic mass is 16.6. The molecule has 4 rings (SSSR count). The largest absolute Gasteiger partial charge is 0.415 e. The molecule has 0 aromatic heterocycles. The maximum atomic E-state index is 12.4. The summed E-state index contributed by atoms with van der Waals surface area (Å²) in [4.78, 5) is 16.9. The Morgan fingerprint density at radius 2 is 1.56 bits per heavy atom. The molecular weight excluding hydrogens is 336 g/mol. The molecule has 2 heterocycles. The molecule has 2 aliphatic heterocycles. The number of rotatable bonds is 3. The Morgan fingerprint density at radius 1 is 0.889 bits per heavy atom. The number of carbonyl (C=O) groups excluding carboxylic acids is 1. The molecule has 0 unspecified atom stereocenters. The van der Waals surface area contributed by atoms with Crippen molar-refractivity contribution in [1.82, 2.24) is 9.80 Å². The first-order chi connectivity index (χ1) is 13.2. The van der Waals surface area contributed by atoms with Crippen molar-refractivity contribution in [1.29, 1.82) is 0 Å². The van der Waals surface area contributed by atoms with Gasteiger partial charge in [0, 0.05) is 26.2 Å². The highest BCUT2D eigenvalue weighted by Gasteiger charge is 2.39. The highest BCUT2D eigenvalue weighted by Crippen LogP contribution is 2.40. The summed E-state index contributed by atoms with van der Waals surface area (Å²) < 4.78 is 5.51. The van der Waals surface area contributed by atoms with E-state index in [9.17, 15) is 4.79 Å². The Balaban J connectivity index is 1.31. The fourth-order valence-corrected chi connectivity index (χ4v) is 4.51. The Morgan fingerprint density at radius 3 is 2.26 bits per heavy atom. The van der Waals surface area contributed by atoms with Crippen LogP contribution < -0.4 is 4.74 Å². The lowest BCUT2D eigenvalue weighted by Gasteiger charge is -2.47. The maximum Gasteiger partial charge on any atom is 0.415 e. The molecule has 0 saturated carbocycles. The van der Waals surface area contributed by atoms with Crippen LogP contribution in [0.3, 0.4) is 0 Å². The summed E-state index contributed by atoms with van der Waals surface area (Å²) >= 11 is 0. The van der Waals surface area contributed by atoms with Crippen molar-refractivity contribution >= 4 is 6.09 Å². The molecule has 2 aliphatic rings. The van der Waals surface area contributed by atoms with E-state index in [0.29, 0.717) is 11.2 Å². The predicted molar refractivity (Wildman–Crippen MR) is 107 cm³/mol. The minimum Gasteiger partial charge on any atom is -0.410 e. The molecule has 27 heavy (non-hydrogen) atoms. The zero-order chi connectivity index (χ0) is 18.5. The average molecular weight is 364 g/mol. The fourth-order valence-electron chi connectivity index (χ4n) is 4.51. The van der Waals surface area contributed by atoms with E-state index < -0.39 is 0 Å². The number of nitrogens with zero attached hydrogens (tertiary/aromatic N) is 2. The average Bonchev–Trinajstić information content (AvgIpc) is 2.70. The first-order valence-electron chi connectivity index (χ1n) is 10.0. The number of hydrogen-bond donors (Lipinski definition) is 0. The van der Waals surface area contributed by atoms with Gasteiger partial charge in [0.05, 0.1) is 0 Å². The minimum atomic E-state index is -0.215. The van der Waals surface area contributed by atoms with E-state index in [4.69, 9.17) is 4.74 Å². The number of benzene rings is 2. The lowest BCUT2D eigenvalue weighted by molar-refractivity contribution is 0.0245. The van der Waals surface area contributed by atoms with Gasteiger partial charge in [-0.25, -0.2) is 4.79 Å². The van der Waals surface area contributed by atoms with Crippen molar-refractivity contribution in [3.8, 4) is 5.75 Å². The topological polar surface area (TPSA) is 32.8 Å². The third kappa shape index (κ3) is 4.51.